The predicted octanol–water partition coefficient (Wildman–Crippen LogP) is 2.26. The average Bonchev–Trinajstić information content (AvgIpc) is 3.03. The standard InChI is InChI=1S/C14H21N3O4/c1-14(2,3)21-13(20)16-10(6-12(18)19)11-7-15-8-17(11)9-4-5-9/h7-10H,4-6H2,1-3H3,(H,16,20)(H,18,19). The van der Waals surface area contributed by atoms with Crippen LogP contribution in [-0.2, 0) is 9.53 Å². The Balaban J connectivity index is 2.12. The molecule has 0 radical (unpaired) electrons. The van der Waals surface area contributed by atoms with E-state index in [1.54, 1.807) is 33.3 Å². The first kappa shape index (κ1) is 15.3. The molecule has 1 amide bonds. The zero-order chi connectivity index (χ0) is 15.6. The fourth-order valence-electron chi connectivity index (χ4n) is 2.10. The van der Waals surface area contributed by atoms with Crippen LogP contribution in [0.25, 0.3) is 0 Å². The minimum Gasteiger partial charge on any atom is -0.481 e. The molecule has 0 aromatic carbocycles. The SMILES string of the molecule is CC(C)(C)OC(=O)NC(CC(=O)O)c1cncn1C1CC1. The van der Waals surface area contributed by atoms with Gasteiger partial charge in [-0.25, -0.2) is 9.78 Å². The molecule has 1 heterocycles. The normalized spacial score (nSPS) is 16.3. The van der Waals surface area contributed by atoms with Crippen LogP contribution in [0.2, 0.25) is 0 Å². The Kier molecular flexibility index (Phi) is 4.20. The second kappa shape index (κ2) is 5.75. The van der Waals surface area contributed by atoms with Crippen LogP contribution in [0.3, 0.4) is 0 Å². The summed E-state index contributed by atoms with van der Waals surface area (Å²) < 4.78 is 7.13. The first-order valence-corrected chi connectivity index (χ1v) is 6.99. The lowest BCUT2D eigenvalue weighted by molar-refractivity contribution is -0.137. The fraction of sp³-hybridized carbons (Fsp3) is 0.643. The van der Waals surface area contributed by atoms with E-state index in [2.05, 4.69) is 10.3 Å². The molecule has 1 aromatic rings. The highest BCUT2D eigenvalue weighted by Crippen LogP contribution is 2.37. The second-order valence-electron chi connectivity index (χ2n) is 6.25. The summed E-state index contributed by atoms with van der Waals surface area (Å²) in [6.07, 6.45) is 4.54. The Bertz CT molecular complexity index is 529. The molecule has 1 aliphatic carbocycles. The lowest BCUT2D eigenvalue weighted by Gasteiger charge is -2.23. The van der Waals surface area contributed by atoms with E-state index >= 15 is 0 Å². The third-order valence-corrected chi connectivity index (χ3v) is 3.06. The largest absolute Gasteiger partial charge is 0.481 e. The molecule has 0 aliphatic heterocycles. The molecule has 21 heavy (non-hydrogen) atoms. The average molecular weight is 295 g/mol. The van der Waals surface area contributed by atoms with Gasteiger partial charge < -0.3 is 19.7 Å². The zero-order valence-corrected chi connectivity index (χ0v) is 12.5. The number of carboxylic acid groups (broad SMARTS) is 1. The highest BCUT2D eigenvalue weighted by Gasteiger charge is 2.30. The number of hydrogen-bond acceptors (Lipinski definition) is 4. The van der Waals surface area contributed by atoms with Crippen molar-refractivity contribution in [3.63, 3.8) is 0 Å². The maximum absolute atomic E-state index is 11.9. The van der Waals surface area contributed by atoms with E-state index in [4.69, 9.17) is 9.84 Å². The van der Waals surface area contributed by atoms with Gasteiger partial charge in [-0.2, -0.15) is 0 Å². The summed E-state index contributed by atoms with van der Waals surface area (Å²) in [6.45, 7) is 5.27. The number of hydrogen-bond donors (Lipinski definition) is 2. The van der Waals surface area contributed by atoms with E-state index in [9.17, 15) is 9.59 Å². The van der Waals surface area contributed by atoms with Crippen molar-refractivity contribution in [1.29, 1.82) is 0 Å². The van der Waals surface area contributed by atoms with Crippen LogP contribution in [0.15, 0.2) is 12.5 Å². The molecule has 1 fully saturated rings. The summed E-state index contributed by atoms with van der Waals surface area (Å²) in [5.74, 6) is -0.986. The van der Waals surface area contributed by atoms with E-state index < -0.39 is 23.7 Å². The van der Waals surface area contributed by atoms with Crippen LogP contribution >= 0.6 is 0 Å². The number of aliphatic carboxylic acids is 1. The molecule has 7 heteroatoms. The molecule has 1 atom stereocenters. The van der Waals surface area contributed by atoms with Crippen LogP contribution in [0.1, 0.15) is 57.8 Å². The number of carboxylic acids is 1. The molecule has 0 spiro atoms. The van der Waals surface area contributed by atoms with Gasteiger partial charge >= 0.3 is 12.1 Å². The Hall–Kier alpha value is -2.05. The molecular formula is C14H21N3O4. The number of carbonyl (C=O) groups excluding carboxylic acids is 1. The monoisotopic (exact) mass is 295 g/mol. The third kappa shape index (κ3) is 4.47. The van der Waals surface area contributed by atoms with Gasteiger partial charge in [-0.1, -0.05) is 0 Å². The van der Waals surface area contributed by atoms with Gasteiger partial charge in [0.15, 0.2) is 0 Å². The van der Waals surface area contributed by atoms with Gasteiger partial charge in [0.05, 0.1) is 30.7 Å². The Labute approximate surface area is 123 Å². The van der Waals surface area contributed by atoms with Crippen LogP contribution in [0.4, 0.5) is 4.79 Å². The maximum atomic E-state index is 11.9. The van der Waals surface area contributed by atoms with E-state index in [0.717, 1.165) is 12.8 Å². The van der Waals surface area contributed by atoms with Crippen molar-refractivity contribution >= 4 is 12.1 Å². The summed E-state index contributed by atoms with van der Waals surface area (Å²) in [7, 11) is 0. The molecular weight excluding hydrogens is 274 g/mol. The topological polar surface area (TPSA) is 93.4 Å². The Morgan fingerprint density at radius 3 is 2.71 bits per heavy atom. The van der Waals surface area contributed by atoms with Gasteiger partial charge in [-0.3, -0.25) is 4.79 Å². The van der Waals surface area contributed by atoms with E-state index in [-0.39, 0.29) is 6.42 Å². The number of nitrogens with one attached hydrogen (secondary N) is 1. The van der Waals surface area contributed by atoms with Crippen molar-refractivity contribution in [1.82, 2.24) is 14.9 Å². The minimum absolute atomic E-state index is 0.211. The molecule has 1 saturated carbocycles. The number of ether oxygens (including phenoxy) is 1. The van der Waals surface area contributed by atoms with Crippen molar-refractivity contribution in [3.8, 4) is 0 Å². The van der Waals surface area contributed by atoms with Crippen LogP contribution in [-0.4, -0.2) is 32.3 Å². The van der Waals surface area contributed by atoms with Gasteiger partial charge in [0.25, 0.3) is 0 Å². The molecule has 1 unspecified atom stereocenters. The van der Waals surface area contributed by atoms with Crippen molar-refractivity contribution in [2.75, 3.05) is 0 Å². The van der Waals surface area contributed by atoms with Gasteiger partial charge in [0.1, 0.15) is 5.60 Å². The maximum Gasteiger partial charge on any atom is 0.408 e. The van der Waals surface area contributed by atoms with Gasteiger partial charge in [0, 0.05) is 6.04 Å². The molecule has 2 rings (SSSR count). The number of alkyl carbamates (subject to hydrolysis) is 1. The number of nitrogens with zero attached hydrogens (tertiary/aromatic N) is 2. The van der Waals surface area contributed by atoms with Gasteiger partial charge in [-0.05, 0) is 33.6 Å². The Morgan fingerprint density at radius 1 is 1.52 bits per heavy atom. The molecule has 0 bridgehead atoms. The van der Waals surface area contributed by atoms with Crippen LogP contribution < -0.4 is 5.32 Å². The summed E-state index contributed by atoms with van der Waals surface area (Å²) in [4.78, 5) is 27.0. The highest BCUT2D eigenvalue weighted by atomic mass is 16.6. The molecule has 1 aromatic heterocycles. The van der Waals surface area contributed by atoms with Gasteiger partial charge in [-0.15, -0.1) is 0 Å². The number of aromatic nitrogens is 2. The molecule has 0 saturated heterocycles. The van der Waals surface area contributed by atoms with Crippen molar-refractivity contribution in [2.45, 2.75) is 57.7 Å². The molecule has 2 N–H and O–H groups in total. The Morgan fingerprint density at radius 2 is 2.19 bits per heavy atom. The summed E-state index contributed by atoms with van der Waals surface area (Å²) in [5.41, 5.74) is 0.0694. The molecule has 116 valence electrons. The van der Waals surface area contributed by atoms with Crippen molar-refractivity contribution < 1.29 is 19.4 Å². The lowest BCUT2D eigenvalue weighted by Crippen LogP contribution is -2.36. The molecule has 1 aliphatic rings. The highest BCUT2D eigenvalue weighted by molar-refractivity contribution is 5.72. The lowest BCUT2D eigenvalue weighted by atomic mass is 10.1. The van der Waals surface area contributed by atoms with Crippen molar-refractivity contribution in [2.24, 2.45) is 0 Å². The minimum atomic E-state index is -0.986. The van der Waals surface area contributed by atoms with Crippen LogP contribution in [0, 0.1) is 0 Å². The third-order valence-electron chi connectivity index (χ3n) is 3.06. The quantitative estimate of drug-likeness (QED) is 0.869. The summed E-state index contributed by atoms with van der Waals surface area (Å²) >= 11 is 0. The van der Waals surface area contributed by atoms with Crippen LogP contribution in [0.5, 0.6) is 0 Å². The smallest absolute Gasteiger partial charge is 0.408 e. The first-order chi connectivity index (χ1) is 9.76. The summed E-state index contributed by atoms with van der Waals surface area (Å²) in [6, 6.07) is -0.292. The first-order valence-electron chi connectivity index (χ1n) is 6.99. The van der Waals surface area contributed by atoms with E-state index in [1.807, 2.05) is 4.57 Å². The number of imidazole rings is 1. The van der Waals surface area contributed by atoms with Crippen molar-refractivity contribution in [3.05, 3.63) is 18.2 Å². The fourth-order valence-corrected chi connectivity index (χ4v) is 2.10. The van der Waals surface area contributed by atoms with Gasteiger partial charge in [0.2, 0.25) is 0 Å². The van der Waals surface area contributed by atoms with E-state index in [1.165, 1.54) is 0 Å². The summed E-state index contributed by atoms with van der Waals surface area (Å²) in [5, 5.41) is 11.7. The molecule has 7 nitrogen and oxygen atoms in total. The van der Waals surface area contributed by atoms with E-state index in [0.29, 0.717) is 11.7 Å². The number of carbonyl (C=O) groups is 2. The zero-order valence-electron chi connectivity index (χ0n) is 12.5. The number of rotatable bonds is 5. The second-order valence-corrected chi connectivity index (χ2v) is 6.25. The number of amides is 1. The predicted molar refractivity (Wildman–Crippen MR) is 74.9 cm³/mol.